The first kappa shape index (κ1) is 21.6. The molecule has 3 heterocycles. The van der Waals surface area contributed by atoms with Crippen molar-refractivity contribution in [2.24, 2.45) is 5.92 Å². The summed E-state index contributed by atoms with van der Waals surface area (Å²) >= 11 is 1.60. The lowest BCUT2D eigenvalue weighted by atomic mass is 9.95. The molecule has 3 aromatic carbocycles. The number of likely N-dealkylation sites (tertiary alicyclic amines) is 1. The number of anilines is 1. The van der Waals surface area contributed by atoms with Gasteiger partial charge in [-0.3, -0.25) is 14.0 Å². The zero-order chi connectivity index (χ0) is 23.8. The predicted molar refractivity (Wildman–Crippen MR) is 140 cm³/mol. The van der Waals surface area contributed by atoms with Crippen molar-refractivity contribution >= 4 is 44.6 Å². The van der Waals surface area contributed by atoms with Crippen LogP contribution < -0.4 is 5.32 Å². The summed E-state index contributed by atoms with van der Waals surface area (Å²) in [6.07, 6.45) is 5.58. The number of amides is 2. The summed E-state index contributed by atoms with van der Waals surface area (Å²) in [5, 5.41) is 7.04. The summed E-state index contributed by atoms with van der Waals surface area (Å²) in [6.45, 7) is 1.10. The minimum Gasteiger partial charge on any atom is -0.338 e. The van der Waals surface area contributed by atoms with Crippen molar-refractivity contribution < 1.29 is 9.59 Å². The van der Waals surface area contributed by atoms with Crippen molar-refractivity contribution in [3.63, 3.8) is 0 Å². The maximum absolute atomic E-state index is 13.3. The van der Waals surface area contributed by atoms with E-state index in [0.29, 0.717) is 18.7 Å². The molecule has 1 N–H and O–H groups in total. The SMILES string of the molecule is O=C(Nc1ccc(-c2cn3ccsc3n2)cc1)[C@@H]1CCCN(C(=O)c2cccc3ccccc23)C1. The van der Waals surface area contributed by atoms with Crippen LogP contribution in [0.1, 0.15) is 23.2 Å². The van der Waals surface area contributed by atoms with Crippen molar-refractivity contribution in [1.29, 1.82) is 0 Å². The van der Waals surface area contributed by atoms with E-state index < -0.39 is 0 Å². The third-order valence-corrected chi connectivity index (χ3v) is 7.41. The monoisotopic (exact) mass is 480 g/mol. The molecule has 1 saturated heterocycles. The quantitative estimate of drug-likeness (QED) is 0.358. The summed E-state index contributed by atoms with van der Waals surface area (Å²) in [4.78, 5) is 33.8. The number of fused-ring (bicyclic) bond motifs is 2. The van der Waals surface area contributed by atoms with E-state index in [9.17, 15) is 9.59 Å². The number of thiazole rings is 1. The summed E-state index contributed by atoms with van der Waals surface area (Å²) in [6, 6.07) is 21.5. The van der Waals surface area contributed by atoms with E-state index in [-0.39, 0.29) is 17.7 Å². The van der Waals surface area contributed by atoms with Gasteiger partial charge in [0.15, 0.2) is 4.96 Å². The molecule has 0 bridgehead atoms. The largest absolute Gasteiger partial charge is 0.338 e. The Bertz CT molecular complexity index is 1500. The normalized spacial score (nSPS) is 16.0. The van der Waals surface area contributed by atoms with Crippen LogP contribution in [-0.4, -0.2) is 39.2 Å². The molecule has 0 aliphatic carbocycles. The minimum atomic E-state index is -0.234. The Morgan fingerprint density at radius 1 is 1.00 bits per heavy atom. The molecule has 174 valence electrons. The van der Waals surface area contributed by atoms with Crippen molar-refractivity contribution in [2.75, 3.05) is 18.4 Å². The number of benzene rings is 3. The summed E-state index contributed by atoms with van der Waals surface area (Å²) in [5.74, 6) is -0.290. The summed E-state index contributed by atoms with van der Waals surface area (Å²) in [5.41, 5.74) is 3.35. The van der Waals surface area contributed by atoms with E-state index in [4.69, 9.17) is 0 Å². The highest BCUT2D eigenvalue weighted by atomic mass is 32.1. The lowest BCUT2D eigenvalue weighted by molar-refractivity contribution is -0.121. The number of piperidine rings is 1. The van der Waals surface area contributed by atoms with E-state index in [1.807, 2.05) is 93.8 Å². The zero-order valence-corrected chi connectivity index (χ0v) is 19.9. The second-order valence-electron chi connectivity index (χ2n) is 8.90. The fourth-order valence-electron chi connectivity index (χ4n) is 4.79. The van der Waals surface area contributed by atoms with Gasteiger partial charge >= 0.3 is 0 Å². The average Bonchev–Trinajstić information content (AvgIpc) is 3.51. The van der Waals surface area contributed by atoms with Crippen LogP contribution in [0, 0.1) is 5.92 Å². The maximum atomic E-state index is 13.3. The number of aromatic nitrogens is 2. The van der Waals surface area contributed by atoms with Crippen molar-refractivity contribution in [2.45, 2.75) is 12.8 Å². The van der Waals surface area contributed by atoms with Gasteiger partial charge in [-0.25, -0.2) is 4.98 Å². The summed E-state index contributed by atoms with van der Waals surface area (Å²) < 4.78 is 2.00. The minimum absolute atomic E-state index is 0.0105. The highest BCUT2D eigenvalue weighted by Crippen LogP contribution is 2.26. The van der Waals surface area contributed by atoms with Crippen LogP contribution in [-0.2, 0) is 4.79 Å². The first-order valence-electron chi connectivity index (χ1n) is 11.8. The van der Waals surface area contributed by atoms with Crippen LogP contribution >= 0.6 is 11.3 Å². The van der Waals surface area contributed by atoms with Crippen molar-refractivity contribution in [3.05, 3.63) is 90.1 Å². The molecule has 1 aliphatic heterocycles. The Morgan fingerprint density at radius 2 is 1.83 bits per heavy atom. The fourth-order valence-corrected chi connectivity index (χ4v) is 5.49. The highest BCUT2D eigenvalue weighted by Gasteiger charge is 2.29. The third-order valence-electron chi connectivity index (χ3n) is 6.64. The van der Waals surface area contributed by atoms with Gasteiger partial charge in [-0.1, -0.05) is 48.5 Å². The molecule has 6 nitrogen and oxygen atoms in total. The van der Waals surface area contributed by atoms with Crippen LogP contribution in [0.4, 0.5) is 5.69 Å². The Morgan fingerprint density at radius 3 is 2.69 bits per heavy atom. The number of nitrogens with one attached hydrogen (secondary N) is 1. The molecule has 1 fully saturated rings. The third kappa shape index (κ3) is 4.19. The second-order valence-corrected chi connectivity index (χ2v) is 9.78. The number of hydrogen-bond acceptors (Lipinski definition) is 4. The Kier molecular flexibility index (Phi) is 5.54. The molecule has 5 aromatic rings. The smallest absolute Gasteiger partial charge is 0.254 e. The first-order chi connectivity index (χ1) is 17.2. The Balaban J connectivity index is 1.13. The topological polar surface area (TPSA) is 66.7 Å². The molecule has 2 aromatic heterocycles. The lowest BCUT2D eigenvalue weighted by Gasteiger charge is -2.32. The second kappa shape index (κ2) is 9.00. The van der Waals surface area contributed by atoms with Gasteiger partial charge in [0.1, 0.15) is 0 Å². The molecule has 1 atom stereocenters. The molecule has 0 radical (unpaired) electrons. The molecular weight excluding hydrogens is 456 g/mol. The molecule has 1 aliphatic rings. The number of carbonyl (C=O) groups is 2. The maximum Gasteiger partial charge on any atom is 0.254 e. The van der Waals surface area contributed by atoms with Gasteiger partial charge in [0.2, 0.25) is 5.91 Å². The lowest BCUT2D eigenvalue weighted by Crippen LogP contribution is -2.43. The number of nitrogens with zero attached hydrogens (tertiary/aromatic N) is 3. The predicted octanol–water partition coefficient (Wildman–Crippen LogP) is 5.71. The molecular formula is C28H24N4O2S. The van der Waals surface area contributed by atoms with Gasteiger partial charge in [-0.15, -0.1) is 11.3 Å². The van der Waals surface area contributed by atoms with Crippen LogP contribution in [0.5, 0.6) is 0 Å². The molecule has 35 heavy (non-hydrogen) atoms. The van der Waals surface area contributed by atoms with Gasteiger partial charge in [-0.2, -0.15) is 0 Å². The van der Waals surface area contributed by atoms with E-state index in [1.54, 1.807) is 11.3 Å². The molecule has 0 unspecified atom stereocenters. The van der Waals surface area contributed by atoms with Gasteiger partial charge in [0, 0.05) is 47.7 Å². The fraction of sp³-hybridized carbons (Fsp3) is 0.179. The Hall–Kier alpha value is -3.97. The van der Waals surface area contributed by atoms with Gasteiger partial charge in [-0.05, 0) is 41.8 Å². The van der Waals surface area contributed by atoms with Crippen LogP contribution in [0.25, 0.3) is 27.0 Å². The van der Waals surface area contributed by atoms with E-state index in [2.05, 4.69) is 10.3 Å². The van der Waals surface area contributed by atoms with Crippen molar-refractivity contribution in [3.8, 4) is 11.3 Å². The first-order valence-corrected chi connectivity index (χ1v) is 12.6. The molecule has 0 saturated carbocycles. The van der Waals surface area contributed by atoms with Crippen LogP contribution in [0.2, 0.25) is 0 Å². The van der Waals surface area contributed by atoms with Gasteiger partial charge in [0.25, 0.3) is 5.91 Å². The molecule has 7 heteroatoms. The van der Waals surface area contributed by atoms with Crippen molar-refractivity contribution in [1.82, 2.24) is 14.3 Å². The van der Waals surface area contributed by atoms with E-state index >= 15 is 0 Å². The van der Waals surface area contributed by atoms with E-state index in [0.717, 1.165) is 45.5 Å². The standard InChI is InChI=1S/C28H24N4O2S/c33-26(29-22-12-10-20(11-13-22)25-18-32-15-16-35-28(32)30-25)21-7-4-14-31(17-21)27(34)24-9-3-6-19-5-1-2-8-23(19)24/h1-3,5-6,8-13,15-16,18,21H,4,7,14,17H2,(H,29,33)/t21-/m1/s1. The summed E-state index contributed by atoms with van der Waals surface area (Å²) in [7, 11) is 0. The average molecular weight is 481 g/mol. The molecule has 0 spiro atoms. The number of carbonyl (C=O) groups excluding carboxylic acids is 2. The Labute approximate surface area is 206 Å². The molecule has 2 amide bonds. The highest BCUT2D eigenvalue weighted by molar-refractivity contribution is 7.15. The van der Waals surface area contributed by atoms with Crippen LogP contribution in [0.3, 0.4) is 0 Å². The number of imidazole rings is 1. The van der Waals surface area contributed by atoms with Crippen LogP contribution in [0.15, 0.2) is 84.5 Å². The zero-order valence-electron chi connectivity index (χ0n) is 19.1. The number of hydrogen-bond donors (Lipinski definition) is 1. The van der Waals surface area contributed by atoms with Gasteiger partial charge < -0.3 is 10.2 Å². The van der Waals surface area contributed by atoms with Gasteiger partial charge in [0.05, 0.1) is 11.6 Å². The molecule has 6 rings (SSSR count). The number of rotatable bonds is 4. The van der Waals surface area contributed by atoms with E-state index in [1.165, 1.54) is 0 Å².